The Morgan fingerprint density at radius 1 is 1.23 bits per heavy atom. The molecule has 2 aromatic rings. The Labute approximate surface area is 132 Å². The van der Waals surface area contributed by atoms with Crippen LogP contribution in [-0.2, 0) is 4.79 Å². The quantitative estimate of drug-likeness (QED) is 0.524. The topological polar surface area (TPSA) is 72.2 Å². The summed E-state index contributed by atoms with van der Waals surface area (Å²) in [6.07, 6.45) is 1.53. The van der Waals surface area contributed by atoms with Gasteiger partial charge in [0.1, 0.15) is 5.03 Å². The van der Waals surface area contributed by atoms with Gasteiger partial charge in [-0.1, -0.05) is 48.0 Å². The van der Waals surface area contributed by atoms with Gasteiger partial charge in [-0.15, -0.1) is 0 Å². The number of hydrogen-bond acceptors (Lipinski definition) is 3. The Kier molecular flexibility index (Phi) is 4.91. The summed E-state index contributed by atoms with van der Waals surface area (Å²) in [5.74, 6) is -0.519. The lowest BCUT2D eigenvalue weighted by Crippen LogP contribution is -2.12. The van der Waals surface area contributed by atoms with E-state index in [9.17, 15) is 14.9 Å². The van der Waals surface area contributed by atoms with E-state index in [1.54, 1.807) is 13.0 Å². The highest BCUT2D eigenvalue weighted by Gasteiger charge is 2.13. The normalized spacial score (nSPS) is 11.1. The number of nitrogens with one attached hydrogen (secondary N) is 1. The third-order valence-electron chi connectivity index (χ3n) is 2.99. The van der Waals surface area contributed by atoms with Crippen LogP contribution in [0.1, 0.15) is 11.1 Å². The average molecular weight is 317 g/mol. The minimum absolute atomic E-state index is 0.00268. The van der Waals surface area contributed by atoms with Gasteiger partial charge in [0.25, 0.3) is 11.6 Å². The number of carbonyl (C=O) groups excluding carboxylic acids is 1. The molecule has 112 valence electrons. The highest BCUT2D eigenvalue weighted by molar-refractivity contribution is 6.45. The maximum absolute atomic E-state index is 12.1. The molecule has 0 aliphatic heterocycles. The molecular formula is C16H13ClN2O3. The fourth-order valence-corrected chi connectivity index (χ4v) is 1.97. The molecule has 0 saturated heterocycles. The molecule has 0 bridgehead atoms. The summed E-state index contributed by atoms with van der Waals surface area (Å²) < 4.78 is 0. The van der Waals surface area contributed by atoms with E-state index in [2.05, 4.69) is 5.32 Å². The number of nitro groups is 1. The monoisotopic (exact) mass is 316 g/mol. The van der Waals surface area contributed by atoms with Crippen LogP contribution in [0, 0.1) is 17.0 Å². The molecule has 2 aromatic carbocycles. The summed E-state index contributed by atoms with van der Waals surface area (Å²) in [5.41, 5.74) is 1.77. The second-order valence-corrected chi connectivity index (χ2v) is 5.02. The summed E-state index contributed by atoms with van der Waals surface area (Å²) in [5, 5.41) is 13.4. The van der Waals surface area contributed by atoms with E-state index in [1.807, 2.05) is 30.3 Å². The highest BCUT2D eigenvalue weighted by atomic mass is 35.5. The van der Waals surface area contributed by atoms with Crippen LogP contribution in [0.5, 0.6) is 0 Å². The molecule has 5 nitrogen and oxygen atoms in total. The van der Waals surface area contributed by atoms with Gasteiger partial charge in [0.2, 0.25) is 0 Å². The summed E-state index contributed by atoms with van der Waals surface area (Å²) in [7, 11) is 0. The predicted octanol–water partition coefficient (Wildman–Crippen LogP) is 4.12. The number of anilines is 1. The second-order valence-electron chi connectivity index (χ2n) is 4.61. The standard InChI is InChI=1S/C16H13ClN2O3/c1-11-7-8-13(19(21)22)10-15(11)18-16(20)14(17)9-12-5-3-2-4-6-12/h2-10H,1H3,(H,18,20). The molecule has 0 aromatic heterocycles. The first-order chi connectivity index (χ1) is 10.5. The Balaban J connectivity index is 2.20. The molecule has 0 heterocycles. The number of aryl methyl sites for hydroxylation is 1. The van der Waals surface area contributed by atoms with Gasteiger partial charge < -0.3 is 5.32 Å². The number of benzene rings is 2. The lowest BCUT2D eigenvalue weighted by atomic mass is 10.1. The summed E-state index contributed by atoms with van der Waals surface area (Å²) in [4.78, 5) is 22.3. The number of halogens is 1. The van der Waals surface area contributed by atoms with Crippen LogP contribution in [-0.4, -0.2) is 10.8 Å². The van der Waals surface area contributed by atoms with Crippen molar-refractivity contribution >= 4 is 35.0 Å². The van der Waals surface area contributed by atoms with Crippen LogP contribution in [0.4, 0.5) is 11.4 Å². The minimum atomic E-state index is -0.519. The molecule has 1 N–H and O–H groups in total. The van der Waals surface area contributed by atoms with E-state index in [-0.39, 0.29) is 10.7 Å². The zero-order chi connectivity index (χ0) is 16.1. The molecule has 0 unspecified atom stereocenters. The van der Waals surface area contributed by atoms with Gasteiger partial charge in [0, 0.05) is 12.1 Å². The smallest absolute Gasteiger partial charge is 0.271 e. The molecule has 2 rings (SSSR count). The van der Waals surface area contributed by atoms with E-state index >= 15 is 0 Å². The van der Waals surface area contributed by atoms with Crippen molar-refractivity contribution < 1.29 is 9.72 Å². The number of amides is 1. The largest absolute Gasteiger partial charge is 0.321 e. The molecular weight excluding hydrogens is 304 g/mol. The molecule has 0 radical (unpaired) electrons. The van der Waals surface area contributed by atoms with E-state index in [0.717, 1.165) is 5.56 Å². The average Bonchev–Trinajstić information content (AvgIpc) is 2.50. The van der Waals surface area contributed by atoms with Gasteiger partial charge >= 0.3 is 0 Å². The van der Waals surface area contributed by atoms with E-state index in [1.165, 1.54) is 18.2 Å². The Morgan fingerprint density at radius 3 is 2.55 bits per heavy atom. The highest BCUT2D eigenvalue weighted by Crippen LogP contribution is 2.23. The first-order valence-electron chi connectivity index (χ1n) is 6.46. The van der Waals surface area contributed by atoms with Crippen molar-refractivity contribution in [3.8, 4) is 0 Å². The van der Waals surface area contributed by atoms with E-state index < -0.39 is 10.8 Å². The molecule has 0 aliphatic carbocycles. The number of carbonyl (C=O) groups is 1. The second kappa shape index (κ2) is 6.87. The minimum Gasteiger partial charge on any atom is -0.321 e. The van der Waals surface area contributed by atoms with Crippen LogP contribution in [0.3, 0.4) is 0 Å². The number of hydrogen-bond donors (Lipinski definition) is 1. The lowest BCUT2D eigenvalue weighted by molar-refractivity contribution is -0.384. The summed E-state index contributed by atoms with van der Waals surface area (Å²) in [6.45, 7) is 1.74. The van der Waals surface area contributed by atoms with Crippen molar-refractivity contribution in [1.82, 2.24) is 0 Å². The van der Waals surface area contributed by atoms with Crippen molar-refractivity contribution in [3.63, 3.8) is 0 Å². The number of nitrogens with zero attached hydrogens (tertiary/aromatic N) is 1. The fourth-order valence-electron chi connectivity index (χ4n) is 1.80. The Morgan fingerprint density at radius 2 is 1.91 bits per heavy atom. The predicted molar refractivity (Wildman–Crippen MR) is 86.7 cm³/mol. The SMILES string of the molecule is Cc1ccc([N+](=O)[O-])cc1NC(=O)C(Cl)=Cc1ccccc1. The summed E-state index contributed by atoms with van der Waals surface area (Å²) >= 11 is 5.99. The molecule has 6 heteroatoms. The maximum atomic E-state index is 12.1. The first-order valence-corrected chi connectivity index (χ1v) is 6.84. The van der Waals surface area contributed by atoms with Crippen molar-refractivity contribution in [2.75, 3.05) is 5.32 Å². The van der Waals surface area contributed by atoms with Crippen molar-refractivity contribution in [1.29, 1.82) is 0 Å². The zero-order valence-electron chi connectivity index (χ0n) is 11.7. The third kappa shape index (κ3) is 3.93. The van der Waals surface area contributed by atoms with Gasteiger partial charge in [0.15, 0.2) is 0 Å². The molecule has 0 spiro atoms. The molecule has 1 amide bonds. The molecule has 22 heavy (non-hydrogen) atoms. The first kappa shape index (κ1) is 15.7. The van der Waals surface area contributed by atoms with E-state index in [0.29, 0.717) is 11.3 Å². The van der Waals surface area contributed by atoms with E-state index in [4.69, 9.17) is 11.6 Å². The van der Waals surface area contributed by atoms with Crippen molar-refractivity contribution in [3.05, 3.63) is 74.8 Å². The molecule has 0 aliphatic rings. The molecule has 0 fully saturated rings. The lowest BCUT2D eigenvalue weighted by Gasteiger charge is -2.07. The number of nitro benzene ring substituents is 1. The van der Waals surface area contributed by atoms with Gasteiger partial charge in [0.05, 0.1) is 10.6 Å². The third-order valence-corrected chi connectivity index (χ3v) is 3.27. The molecule has 0 atom stereocenters. The van der Waals surface area contributed by atoms with Crippen molar-refractivity contribution in [2.45, 2.75) is 6.92 Å². The van der Waals surface area contributed by atoms with Gasteiger partial charge in [-0.3, -0.25) is 14.9 Å². The molecule has 0 saturated carbocycles. The van der Waals surface area contributed by atoms with Gasteiger partial charge in [-0.05, 0) is 24.1 Å². The van der Waals surface area contributed by atoms with Crippen LogP contribution in [0.2, 0.25) is 0 Å². The Hall–Kier alpha value is -2.66. The Bertz CT molecular complexity index is 742. The van der Waals surface area contributed by atoms with Crippen LogP contribution >= 0.6 is 11.6 Å². The fraction of sp³-hybridized carbons (Fsp3) is 0.0625. The van der Waals surface area contributed by atoms with Gasteiger partial charge in [-0.2, -0.15) is 0 Å². The number of non-ortho nitro benzene ring substituents is 1. The maximum Gasteiger partial charge on any atom is 0.271 e. The van der Waals surface area contributed by atoms with Crippen LogP contribution < -0.4 is 5.32 Å². The van der Waals surface area contributed by atoms with Crippen LogP contribution in [0.15, 0.2) is 53.6 Å². The van der Waals surface area contributed by atoms with Crippen molar-refractivity contribution in [2.24, 2.45) is 0 Å². The van der Waals surface area contributed by atoms with Gasteiger partial charge in [-0.25, -0.2) is 0 Å². The number of rotatable bonds is 4. The zero-order valence-corrected chi connectivity index (χ0v) is 12.5. The summed E-state index contributed by atoms with van der Waals surface area (Å²) in [6, 6.07) is 13.4. The van der Waals surface area contributed by atoms with Crippen LogP contribution in [0.25, 0.3) is 6.08 Å².